The third-order valence-electron chi connectivity index (χ3n) is 1.59. The molecule has 0 aromatic heterocycles. The minimum atomic E-state index is -4.37. The van der Waals surface area contributed by atoms with Crippen molar-refractivity contribution in [3.05, 3.63) is 32.8 Å². The van der Waals surface area contributed by atoms with Gasteiger partial charge < -0.3 is 0 Å². The first-order valence-corrected chi connectivity index (χ1v) is 4.53. The lowest BCUT2D eigenvalue weighted by molar-refractivity contribution is -0.138. The molecule has 1 aromatic rings. The predicted molar refractivity (Wildman–Crippen MR) is 48.9 cm³/mol. The largest absolute Gasteiger partial charge is 0.417 e. The molecule has 0 aliphatic rings. The molecule has 0 saturated heterocycles. The van der Waals surface area contributed by atoms with E-state index in [2.05, 4.69) is 15.9 Å². The molecule has 1 rings (SSSR count). The maximum atomic E-state index is 12.4. The van der Waals surface area contributed by atoms with Gasteiger partial charge in [0.15, 0.2) is 0 Å². The van der Waals surface area contributed by atoms with Gasteiger partial charge in [0.1, 0.15) is 0 Å². The molecule has 0 radical (unpaired) electrons. The SMILES string of the molecule is Cc1ccc(Cl)c(Br)c1C(F)(F)F. The fraction of sp³-hybridized carbons (Fsp3) is 0.250. The molecule has 0 atom stereocenters. The van der Waals surface area contributed by atoms with E-state index in [-0.39, 0.29) is 15.1 Å². The van der Waals surface area contributed by atoms with Gasteiger partial charge in [0, 0.05) is 4.47 Å². The monoisotopic (exact) mass is 272 g/mol. The Balaban J connectivity index is 3.43. The van der Waals surface area contributed by atoms with Gasteiger partial charge in [-0.05, 0) is 34.5 Å². The molecule has 0 N–H and O–H groups in total. The van der Waals surface area contributed by atoms with E-state index in [0.717, 1.165) is 0 Å². The van der Waals surface area contributed by atoms with Crippen LogP contribution < -0.4 is 0 Å². The smallest absolute Gasteiger partial charge is 0.166 e. The van der Waals surface area contributed by atoms with E-state index in [0.29, 0.717) is 0 Å². The molecule has 0 nitrogen and oxygen atoms in total. The maximum absolute atomic E-state index is 12.4. The molecule has 1 aromatic carbocycles. The standard InChI is InChI=1S/C8H5BrClF3/c1-4-2-3-5(10)7(9)6(4)8(11,12)13/h2-3H,1H3. The van der Waals surface area contributed by atoms with Crippen LogP contribution in [0, 0.1) is 6.92 Å². The zero-order chi connectivity index (χ0) is 10.2. The van der Waals surface area contributed by atoms with Gasteiger partial charge in [-0.2, -0.15) is 13.2 Å². The Morgan fingerprint density at radius 1 is 1.31 bits per heavy atom. The maximum Gasteiger partial charge on any atom is 0.417 e. The van der Waals surface area contributed by atoms with Gasteiger partial charge in [-0.25, -0.2) is 0 Å². The normalized spacial score (nSPS) is 11.8. The summed E-state index contributed by atoms with van der Waals surface area (Å²) >= 11 is 8.36. The molecule has 0 saturated carbocycles. The van der Waals surface area contributed by atoms with E-state index >= 15 is 0 Å². The van der Waals surface area contributed by atoms with E-state index in [1.54, 1.807) is 0 Å². The van der Waals surface area contributed by atoms with Crippen molar-refractivity contribution in [2.75, 3.05) is 0 Å². The lowest BCUT2D eigenvalue weighted by Gasteiger charge is -2.12. The van der Waals surface area contributed by atoms with Crippen LogP contribution in [-0.4, -0.2) is 0 Å². The molecule has 0 aliphatic heterocycles. The Hall–Kier alpha value is -0.220. The first-order chi connectivity index (χ1) is 5.84. The van der Waals surface area contributed by atoms with Gasteiger partial charge in [0.25, 0.3) is 0 Å². The van der Waals surface area contributed by atoms with Crippen LogP contribution in [0.5, 0.6) is 0 Å². The second kappa shape index (κ2) is 3.50. The number of hydrogen-bond acceptors (Lipinski definition) is 0. The topological polar surface area (TPSA) is 0 Å². The molecule has 0 amide bonds. The quantitative estimate of drug-likeness (QED) is 0.656. The molecule has 0 unspecified atom stereocenters. The number of benzene rings is 1. The number of rotatable bonds is 0. The van der Waals surface area contributed by atoms with Gasteiger partial charge in [0.2, 0.25) is 0 Å². The van der Waals surface area contributed by atoms with Crippen molar-refractivity contribution in [2.45, 2.75) is 13.1 Å². The van der Waals surface area contributed by atoms with Gasteiger partial charge >= 0.3 is 6.18 Å². The minimum Gasteiger partial charge on any atom is -0.166 e. The summed E-state index contributed by atoms with van der Waals surface area (Å²) < 4.78 is 37.1. The van der Waals surface area contributed by atoms with Gasteiger partial charge in [-0.1, -0.05) is 17.7 Å². The predicted octanol–water partition coefficient (Wildman–Crippen LogP) is 4.43. The summed E-state index contributed by atoms with van der Waals surface area (Å²) in [5.41, 5.74) is -0.552. The summed E-state index contributed by atoms with van der Waals surface area (Å²) in [4.78, 5) is 0. The average Bonchev–Trinajstić information content (AvgIpc) is 1.95. The third-order valence-corrected chi connectivity index (χ3v) is 2.95. The van der Waals surface area contributed by atoms with E-state index < -0.39 is 11.7 Å². The minimum absolute atomic E-state index is 0.0675. The summed E-state index contributed by atoms with van der Waals surface area (Å²) in [5, 5.41) is 0.0675. The molecule has 5 heteroatoms. The van der Waals surface area contributed by atoms with E-state index in [4.69, 9.17) is 11.6 Å². The van der Waals surface area contributed by atoms with Crippen molar-refractivity contribution in [3.63, 3.8) is 0 Å². The van der Waals surface area contributed by atoms with Crippen LogP contribution in [0.2, 0.25) is 5.02 Å². The summed E-state index contributed by atoms with van der Waals surface area (Å²) in [6.07, 6.45) is -4.37. The number of alkyl halides is 3. The van der Waals surface area contributed by atoms with Gasteiger partial charge in [-0.15, -0.1) is 0 Å². The highest BCUT2D eigenvalue weighted by atomic mass is 79.9. The van der Waals surface area contributed by atoms with Crippen LogP contribution >= 0.6 is 27.5 Å². The molecule has 0 spiro atoms. The van der Waals surface area contributed by atoms with E-state index in [9.17, 15) is 13.2 Å². The number of halogens is 5. The molecular weight excluding hydrogens is 268 g/mol. The van der Waals surface area contributed by atoms with Crippen LogP contribution in [-0.2, 0) is 6.18 Å². The number of aryl methyl sites for hydroxylation is 1. The van der Waals surface area contributed by atoms with Gasteiger partial charge in [-0.3, -0.25) is 0 Å². The summed E-state index contributed by atoms with van der Waals surface area (Å²) in [6.45, 7) is 1.39. The number of hydrogen-bond donors (Lipinski definition) is 0. The molecule has 0 heterocycles. The molecule has 0 fully saturated rings. The average molecular weight is 273 g/mol. The zero-order valence-electron chi connectivity index (χ0n) is 6.54. The summed E-state index contributed by atoms with van der Waals surface area (Å²) in [5.74, 6) is 0. The Bertz CT molecular complexity index is 333. The molecule has 13 heavy (non-hydrogen) atoms. The summed E-state index contributed by atoms with van der Waals surface area (Å²) in [6, 6.07) is 2.77. The highest BCUT2D eigenvalue weighted by Gasteiger charge is 2.35. The van der Waals surface area contributed by atoms with Gasteiger partial charge in [0.05, 0.1) is 10.6 Å². The Kier molecular flexibility index (Phi) is 2.92. The highest BCUT2D eigenvalue weighted by Crippen LogP contribution is 2.40. The lowest BCUT2D eigenvalue weighted by atomic mass is 10.1. The molecular formula is C8H5BrClF3. The van der Waals surface area contributed by atoms with Crippen LogP contribution in [0.4, 0.5) is 13.2 Å². The van der Waals surface area contributed by atoms with Crippen molar-refractivity contribution < 1.29 is 13.2 Å². The van der Waals surface area contributed by atoms with Crippen molar-refractivity contribution in [2.24, 2.45) is 0 Å². The van der Waals surface area contributed by atoms with Crippen LogP contribution in [0.15, 0.2) is 16.6 Å². The second-order valence-corrected chi connectivity index (χ2v) is 3.75. The van der Waals surface area contributed by atoms with Crippen molar-refractivity contribution in [1.82, 2.24) is 0 Å². The summed E-state index contributed by atoms with van der Waals surface area (Å²) in [7, 11) is 0. The van der Waals surface area contributed by atoms with Crippen molar-refractivity contribution in [3.8, 4) is 0 Å². The zero-order valence-corrected chi connectivity index (χ0v) is 8.89. The fourth-order valence-corrected chi connectivity index (χ4v) is 1.82. The van der Waals surface area contributed by atoms with Crippen LogP contribution in [0.25, 0.3) is 0 Å². The lowest BCUT2D eigenvalue weighted by Crippen LogP contribution is -2.08. The second-order valence-electron chi connectivity index (χ2n) is 2.55. The first-order valence-electron chi connectivity index (χ1n) is 3.36. The van der Waals surface area contributed by atoms with Crippen molar-refractivity contribution >= 4 is 27.5 Å². The highest BCUT2D eigenvalue weighted by molar-refractivity contribution is 9.10. The van der Waals surface area contributed by atoms with Crippen LogP contribution in [0.3, 0.4) is 0 Å². The molecule has 72 valence electrons. The molecule has 0 bridgehead atoms. The van der Waals surface area contributed by atoms with E-state index in [1.165, 1.54) is 19.1 Å². The van der Waals surface area contributed by atoms with Crippen LogP contribution in [0.1, 0.15) is 11.1 Å². The Labute approximate surface area is 86.8 Å². The fourth-order valence-electron chi connectivity index (χ4n) is 0.995. The van der Waals surface area contributed by atoms with Crippen molar-refractivity contribution in [1.29, 1.82) is 0 Å². The Morgan fingerprint density at radius 2 is 1.85 bits per heavy atom. The van der Waals surface area contributed by atoms with E-state index in [1.807, 2.05) is 0 Å². The first kappa shape index (κ1) is 10.9. The molecule has 0 aliphatic carbocycles. The third kappa shape index (κ3) is 2.17. The Morgan fingerprint density at radius 3 is 2.23 bits per heavy atom.